The van der Waals surface area contributed by atoms with Gasteiger partial charge in [0.25, 0.3) is 5.91 Å². The molecule has 3 aromatic rings. The predicted octanol–water partition coefficient (Wildman–Crippen LogP) is 1.64. The van der Waals surface area contributed by atoms with Crippen LogP contribution >= 0.6 is 0 Å². The molecule has 0 aromatic carbocycles. The maximum absolute atomic E-state index is 13.0. The fourth-order valence-corrected chi connectivity index (χ4v) is 4.13. The third-order valence-corrected chi connectivity index (χ3v) is 6.56. The van der Waals surface area contributed by atoms with Crippen molar-refractivity contribution in [2.75, 3.05) is 6.61 Å². The molecule has 0 saturated heterocycles. The fraction of sp³-hybridized carbons (Fsp3) is 0.294. The van der Waals surface area contributed by atoms with E-state index in [2.05, 4.69) is 20.3 Å². The molecule has 1 aliphatic carbocycles. The van der Waals surface area contributed by atoms with E-state index in [0.717, 1.165) is 17.1 Å². The number of aromatic nitrogens is 5. The molecule has 3 aromatic heterocycles. The number of nitrogens with one attached hydrogen (secondary N) is 1. The number of hydrogen-bond acceptors (Lipinski definition) is 7. The second kappa shape index (κ2) is 7.08. The molecule has 4 rings (SSSR count). The quantitative estimate of drug-likeness (QED) is 0.550. The molecule has 1 aliphatic rings. The molecule has 10 nitrogen and oxygen atoms in total. The zero-order valence-electron chi connectivity index (χ0n) is 15.6. The maximum Gasteiger partial charge on any atom is 0.397 e. The Hall–Kier alpha value is -3.42. The van der Waals surface area contributed by atoms with Crippen molar-refractivity contribution in [3.05, 3.63) is 42.4 Å². The van der Waals surface area contributed by atoms with Gasteiger partial charge < -0.3 is 10.5 Å². The van der Waals surface area contributed by atoms with Gasteiger partial charge in [-0.1, -0.05) is 0 Å². The molecule has 1 saturated carbocycles. The molecule has 0 aliphatic heterocycles. The van der Waals surface area contributed by atoms with Gasteiger partial charge >= 0.3 is 6.18 Å². The number of H-pyrrole nitrogens is 1. The van der Waals surface area contributed by atoms with Gasteiger partial charge in [0, 0.05) is 18.5 Å². The van der Waals surface area contributed by atoms with Gasteiger partial charge in [-0.25, -0.2) is 18.1 Å². The lowest BCUT2D eigenvalue weighted by atomic mass is 10.1. The number of primary amides is 1. The summed E-state index contributed by atoms with van der Waals surface area (Å²) in [6.07, 6.45) is -0.891. The summed E-state index contributed by atoms with van der Waals surface area (Å²) in [5.41, 5.74) is 3.08. The first kappa shape index (κ1) is 20.8. The Bertz CT molecular complexity index is 1230. The summed E-state index contributed by atoms with van der Waals surface area (Å²) >= 11 is 0. The number of amides is 1. The molecule has 0 bridgehead atoms. The van der Waals surface area contributed by atoms with Gasteiger partial charge in [-0.15, -0.1) is 5.10 Å². The molecule has 164 valence electrons. The molecule has 0 unspecified atom stereocenters. The Morgan fingerprint density at radius 2 is 2.03 bits per heavy atom. The molecule has 0 radical (unpaired) electrons. The van der Waals surface area contributed by atoms with Crippen LogP contribution in [0.4, 0.5) is 13.2 Å². The van der Waals surface area contributed by atoms with Gasteiger partial charge in [-0.05, 0) is 25.0 Å². The zero-order chi connectivity index (χ0) is 22.4. The number of sulfone groups is 1. The van der Waals surface area contributed by atoms with Gasteiger partial charge in [-0.3, -0.25) is 9.89 Å². The Morgan fingerprint density at radius 1 is 1.29 bits per heavy atom. The molecule has 1 fully saturated rings. The lowest BCUT2D eigenvalue weighted by molar-refractivity contribution is -0.194. The van der Waals surface area contributed by atoms with Crippen molar-refractivity contribution in [3.8, 4) is 11.7 Å². The van der Waals surface area contributed by atoms with E-state index in [-0.39, 0.29) is 35.0 Å². The lowest BCUT2D eigenvalue weighted by Gasteiger charge is -2.18. The summed E-state index contributed by atoms with van der Waals surface area (Å²) in [6.45, 7) is -0.568. The molecular weight excluding hydrogens is 441 g/mol. The van der Waals surface area contributed by atoms with E-state index >= 15 is 0 Å². The predicted molar refractivity (Wildman–Crippen MR) is 97.1 cm³/mol. The van der Waals surface area contributed by atoms with Crippen LogP contribution in [-0.4, -0.2) is 52.1 Å². The van der Waals surface area contributed by atoms with Gasteiger partial charge in [0.05, 0.1) is 11.8 Å². The molecule has 3 N–H and O–H groups in total. The van der Waals surface area contributed by atoms with E-state index < -0.39 is 39.0 Å². The van der Waals surface area contributed by atoms with E-state index in [1.54, 1.807) is 0 Å². The number of ether oxygens (including phenoxy) is 1. The normalized spacial score (nSPS) is 15.6. The lowest BCUT2D eigenvalue weighted by Crippen LogP contribution is -2.30. The number of halogens is 3. The first-order valence-corrected chi connectivity index (χ1v) is 10.3. The van der Waals surface area contributed by atoms with Crippen LogP contribution in [-0.2, 0) is 9.84 Å². The first-order chi connectivity index (χ1) is 14.5. The van der Waals surface area contributed by atoms with Gasteiger partial charge in [0.15, 0.2) is 10.8 Å². The number of aromatic amines is 1. The molecule has 1 amide bonds. The van der Waals surface area contributed by atoms with Crippen molar-refractivity contribution in [3.63, 3.8) is 0 Å². The van der Waals surface area contributed by atoms with Crippen molar-refractivity contribution in [1.82, 2.24) is 25.0 Å². The number of hydrogen-bond donors (Lipinski definition) is 2. The molecule has 0 atom stereocenters. The van der Waals surface area contributed by atoms with Crippen LogP contribution in [0.15, 0.2) is 46.7 Å². The zero-order valence-corrected chi connectivity index (χ0v) is 16.4. The number of pyridine rings is 1. The van der Waals surface area contributed by atoms with Crippen LogP contribution in [0.25, 0.3) is 5.82 Å². The number of carbonyl (C=O) groups is 1. The van der Waals surface area contributed by atoms with E-state index in [9.17, 15) is 26.4 Å². The summed E-state index contributed by atoms with van der Waals surface area (Å²) < 4.78 is 71.1. The SMILES string of the molecule is NC(=O)c1ccc(-n2ccc(OCC3(C(F)(F)F)CC3)n2)nc1S(=O)(=O)c1cn[nH]c1. The summed E-state index contributed by atoms with van der Waals surface area (Å²) in [5, 5.41) is 9.31. The van der Waals surface area contributed by atoms with Crippen molar-refractivity contribution in [2.45, 2.75) is 28.9 Å². The molecule has 3 heterocycles. The standard InChI is InChI=1S/C17H15F3N6O4S/c18-17(19,20)16(4-5-16)9-30-13-3-6-26(25-13)12-2-1-11(14(21)27)15(24-12)31(28,29)10-7-22-23-8-10/h1-3,6-8H,4-5,9H2,(H2,21,27)(H,22,23). The van der Waals surface area contributed by atoms with E-state index in [0.29, 0.717) is 0 Å². The van der Waals surface area contributed by atoms with Crippen molar-refractivity contribution >= 4 is 15.7 Å². The van der Waals surface area contributed by atoms with Crippen LogP contribution in [0.2, 0.25) is 0 Å². The first-order valence-electron chi connectivity index (χ1n) is 8.84. The minimum Gasteiger partial charge on any atom is -0.476 e. The second-order valence-electron chi connectivity index (χ2n) is 6.99. The monoisotopic (exact) mass is 456 g/mol. The van der Waals surface area contributed by atoms with Crippen molar-refractivity contribution in [1.29, 1.82) is 0 Å². The van der Waals surface area contributed by atoms with Crippen LogP contribution in [0, 0.1) is 5.41 Å². The largest absolute Gasteiger partial charge is 0.476 e. The summed E-state index contributed by atoms with van der Waals surface area (Å²) in [7, 11) is -4.24. The number of nitrogens with zero attached hydrogens (tertiary/aromatic N) is 4. The van der Waals surface area contributed by atoms with Crippen LogP contribution in [0.3, 0.4) is 0 Å². The average molecular weight is 456 g/mol. The number of nitrogens with two attached hydrogens (primary N) is 1. The minimum atomic E-state index is -4.36. The van der Waals surface area contributed by atoms with Crippen LogP contribution in [0.5, 0.6) is 5.88 Å². The Kier molecular flexibility index (Phi) is 4.76. The number of alkyl halides is 3. The third-order valence-electron chi connectivity index (χ3n) is 4.90. The third kappa shape index (κ3) is 3.73. The topological polar surface area (TPSA) is 146 Å². The number of rotatable bonds is 7. The highest BCUT2D eigenvalue weighted by atomic mass is 32.2. The fourth-order valence-electron chi connectivity index (χ4n) is 2.83. The molecule has 0 spiro atoms. The average Bonchev–Trinajstić information content (AvgIpc) is 3.12. The molecule has 31 heavy (non-hydrogen) atoms. The number of carbonyl (C=O) groups excluding carboxylic acids is 1. The summed E-state index contributed by atoms with van der Waals surface area (Å²) in [5.74, 6) is -1.11. The van der Waals surface area contributed by atoms with Gasteiger partial charge in [0.2, 0.25) is 15.7 Å². The second-order valence-corrected chi connectivity index (χ2v) is 8.85. The van der Waals surface area contributed by atoms with Gasteiger partial charge in [0.1, 0.15) is 16.9 Å². The highest BCUT2D eigenvalue weighted by Crippen LogP contribution is 2.57. The maximum atomic E-state index is 13.0. The molecule has 14 heteroatoms. The highest BCUT2D eigenvalue weighted by molar-refractivity contribution is 7.91. The van der Waals surface area contributed by atoms with E-state index in [1.807, 2.05) is 0 Å². The molecular formula is C17H15F3N6O4S. The van der Waals surface area contributed by atoms with Crippen LogP contribution in [0.1, 0.15) is 23.2 Å². The smallest absolute Gasteiger partial charge is 0.397 e. The van der Waals surface area contributed by atoms with E-state index in [1.165, 1.54) is 24.4 Å². The van der Waals surface area contributed by atoms with E-state index in [4.69, 9.17) is 10.5 Å². The minimum absolute atomic E-state index is 0.0113. The summed E-state index contributed by atoms with van der Waals surface area (Å²) in [6, 6.07) is 3.78. The van der Waals surface area contributed by atoms with Crippen molar-refractivity contribution < 1.29 is 31.1 Å². The summed E-state index contributed by atoms with van der Waals surface area (Å²) in [4.78, 5) is 15.5. The Labute approximate surface area is 173 Å². The highest BCUT2D eigenvalue weighted by Gasteiger charge is 2.64. The van der Waals surface area contributed by atoms with Gasteiger partial charge in [-0.2, -0.15) is 18.3 Å². The van der Waals surface area contributed by atoms with Crippen molar-refractivity contribution in [2.24, 2.45) is 11.1 Å². The Morgan fingerprint density at radius 3 is 2.61 bits per heavy atom. The van der Waals surface area contributed by atoms with Crippen LogP contribution < -0.4 is 10.5 Å². The Balaban J connectivity index is 1.63.